The van der Waals surface area contributed by atoms with Gasteiger partial charge in [0.05, 0.1) is 6.61 Å². The predicted octanol–water partition coefficient (Wildman–Crippen LogP) is 3.71. The number of ether oxygens (including phenoxy) is 2. The van der Waals surface area contributed by atoms with E-state index in [4.69, 9.17) is 9.47 Å². The zero-order valence-electron chi connectivity index (χ0n) is 13.4. The van der Waals surface area contributed by atoms with Crippen molar-refractivity contribution in [2.45, 2.75) is 41.5 Å². The highest BCUT2D eigenvalue weighted by Gasteiger charge is 2.53. The number of carbonyl (C=O) groups is 1. The van der Waals surface area contributed by atoms with Gasteiger partial charge in [0, 0.05) is 18.3 Å². The first-order valence-electron chi connectivity index (χ1n) is 7.41. The molecular weight excluding hydrogens is 252 g/mol. The lowest BCUT2D eigenvalue weighted by Crippen LogP contribution is -2.53. The molecule has 2 bridgehead atoms. The Hall–Kier alpha value is -1.25. The molecule has 0 radical (unpaired) electrons. The highest BCUT2D eigenvalue weighted by atomic mass is 16.5. The Morgan fingerprint density at radius 1 is 1.40 bits per heavy atom. The largest absolute Gasteiger partial charge is 0.497 e. The summed E-state index contributed by atoms with van der Waals surface area (Å²) in [7, 11) is 0. The summed E-state index contributed by atoms with van der Waals surface area (Å²) >= 11 is 0. The first-order valence-corrected chi connectivity index (χ1v) is 7.41. The maximum atomic E-state index is 11.2. The van der Waals surface area contributed by atoms with Crippen molar-refractivity contribution < 1.29 is 14.3 Å². The van der Waals surface area contributed by atoms with Crippen LogP contribution in [0.3, 0.4) is 0 Å². The van der Waals surface area contributed by atoms with Crippen LogP contribution in [0, 0.1) is 23.2 Å². The van der Waals surface area contributed by atoms with Gasteiger partial charge < -0.3 is 9.47 Å². The molecule has 4 atom stereocenters. The van der Waals surface area contributed by atoms with E-state index in [1.165, 1.54) is 18.1 Å². The molecule has 3 nitrogen and oxygen atoms in total. The van der Waals surface area contributed by atoms with Crippen LogP contribution in [-0.2, 0) is 14.3 Å². The van der Waals surface area contributed by atoms with Crippen LogP contribution in [0.5, 0.6) is 0 Å². The van der Waals surface area contributed by atoms with Gasteiger partial charge in [0.1, 0.15) is 12.4 Å². The van der Waals surface area contributed by atoms with Gasteiger partial charge in [-0.15, -0.1) is 0 Å². The molecule has 1 aliphatic heterocycles. The summed E-state index contributed by atoms with van der Waals surface area (Å²) in [6.45, 7) is 13.4. The molecule has 112 valence electrons. The van der Waals surface area contributed by atoms with E-state index in [0.717, 1.165) is 5.76 Å². The lowest BCUT2D eigenvalue weighted by molar-refractivity contribution is -0.155. The number of hydrogen-bond donors (Lipinski definition) is 0. The van der Waals surface area contributed by atoms with E-state index >= 15 is 0 Å². The summed E-state index contributed by atoms with van der Waals surface area (Å²) in [6, 6.07) is 0. The zero-order valence-corrected chi connectivity index (χ0v) is 13.4. The van der Waals surface area contributed by atoms with Crippen molar-refractivity contribution in [2.24, 2.45) is 23.2 Å². The number of rotatable bonds is 2. The van der Waals surface area contributed by atoms with Crippen LogP contribution in [0.15, 0.2) is 23.0 Å². The van der Waals surface area contributed by atoms with Crippen molar-refractivity contribution in [3.63, 3.8) is 0 Å². The Morgan fingerprint density at radius 2 is 2.05 bits per heavy atom. The van der Waals surface area contributed by atoms with E-state index in [9.17, 15) is 4.79 Å². The zero-order chi connectivity index (χ0) is 15.1. The van der Waals surface area contributed by atoms with Gasteiger partial charge in [0.25, 0.3) is 0 Å². The van der Waals surface area contributed by atoms with Crippen LogP contribution < -0.4 is 0 Å². The predicted molar refractivity (Wildman–Crippen MR) is 79.0 cm³/mol. The molecule has 0 saturated carbocycles. The Balaban J connectivity index is 2.41. The quantitative estimate of drug-likeness (QED) is 0.570. The molecule has 20 heavy (non-hydrogen) atoms. The number of allylic oxidation sites excluding steroid dienone is 3. The average molecular weight is 278 g/mol. The Morgan fingerprint density at radius 3 is 2.60 bits per heavy atom. The second-order valence-corrected chi connectivity index (χ2v) is 6.63. The van der Waals surface area contributed by atoms with E-state index in [1.54, 1.807) is 0 Å². The van der Waals surface area contributed by atoms with E-state index < -0.39 is 0 Å². The smallest absolute Gasteiger partial charge is 0.302 e. The Labute approximate surface area is 122 Å². The van der Waals surface area contributed by atoms with E-state index in [-0.39, 0.29) is 11.4 Å². The second kappa shape index (κ2) is 5.27. The van der Waals surface area contributed by atoms with Gasteiger partial charge in [-0.3, -0.25) is 4.79 Å². The molecule has 0 aromatic rings. The molecule has 0 N–H and O–H groups in total. The molecule has 0 amide bonds. The molecule has 0 unspecified atom stereocenters. The molecule has 2 rings (SSSR count). The summed E-state index contributed by atoms with van der Waals surface area (Å²) in [5.74, 6) is 1.99. The summed E-state index contributed by atoms with van der Waals surface area (Å²) < 4.78 is 11.5. The Bertz CT molecular complexity index is 471. The fraction of sp³-hybridized carbons (Fsp3) is 0.706. The maximum Gasteiger partial charge on any atom is 0.302 e. The minimum Gasteiger partial charge on any atom is -0.497 e. The molecule has 1 fully saturated rings. The van der Waals surface area contributed by atoms with Crippen LogP contribution in [0.1, 0.15) is 41.5 Å². The van der Waals surface area contributed by atoms with E-state index in [0.29, 0.717) is 31.0 Å². The third kappa shape index (κ3) is 2.27. The number of esters is 1. The maximum absolute atomic E-state index is 11.2. The van der Waals surface area contributed by atoms with E-state index in [1.807, 2.05) is 0 Å². The standard InChI is InChI=1S/C17H26O3/c1-10(2)16-15-11(3)7-12(4)17(9-20-16,13(15)5)8-19-14(6)18/h7,12-13,15H,8-9H2,1-6H3/t12-,13-,15+,17-/m1/s1. The average Bonchev–Trinajstić information content (AvgIpc) is 2.34. The molecule has 1 saturated heterocycles. The highest BCUT2D eigenvalue weighted by Crippen LogP contribution is 2.54. The number of carbonyl (C=O) groups excluding carboxylic acids is 1. The van der Waals surface area contributed by atoms with Gasteiger partial charge in [-0.1, -0.05) is 25.5 Å². The van der Waals surface area contributed by atoms with Crippen molar-refractivity contribution >= 4 is 5.97 Å². The molecule has 1 aliphatic carbocycles. The molecule has 0 aromatic heterocycles. The number of fused-ring (bicyclic) bond motifs is 2. The first-order chi connectivity index (χ1) is 9.29. The highest BCUT2D eigenvalue weighted by molar-refractivity contribution is 5.66. The summed E-state index contributed by atoms with van der Waals surface area (Å²) in [5, 5.41) is 0. The van der Waals surface area contributed by atoms with Crippen LogP contribution >= 0.6 is 0 Å². The van der Waals surface area contributed by atoms with Crippen molar-refractivity contribution in [3.8, 4) is 0 Å². The van der Waals surface area contributed by atoms with Gasteiger partial charge in [-0.05, 0) is 38.2 Å². The minimum atomic E-state index is -0.213. The van der Waals surface area contributed by atoms with Gasteiger partial charge in [-0.2, -0.15) is 0 Å². The summed E-state index contributed by atoms with van der Waals surface area (Å²) in [5.41, 5.74) is 2.51. The van der Waals surface area contributed by atoms with Crippen LogP contribution in [0.4, 0.5) is 0 Å². The Kier molecular flexibility index (Phi) is 3.99. The fourth-order valence-electron chi connectivity index (χ4n) is 3.80. The molecular formula is C17H26O3. The summed E-state index contributed by atoms with van der Waals surface area (Å²) in [6.07, 6.45) is 2.33. The SMILES string of the molecule is CC(=O)OC[C@@]12COC(=C(C)C)[C@@H](C(C)=C[C@H]1C)[C@H]2C. The van der Waals surface area contributed by atoms with Crippen molar-refractivity contribution in [3.05, 3.63) is 23.0 Å². The van der Waals surface area contributed by atoms with E-state index in [2.05, 4.69) is 40.7 Å². The van der Waals surface area contributed by atoms with Crippen molar-refractivity contribution in [1.82, 2.24) is 0 Å². The monoisotopic (exact) mass is 278 g/mol. The normalized spacial score (nSPS) is 36.0. The third-order valence-corrected chi connectivity index (χ3v) is 5.13. The third-order valence-electron chi connectivity index (χ3n) is 5.13. The number of hydrogen-bond acceptors (Lipinski definition) is 3. The van der Waals surface area contributed by atoms with Gasteiger partial charge in [0.15, 0.2) is 0 Å². The van der Waals surface area contributed by atoms with Gasteiger partial charge in [0.2, 0.25) is 0 Å². The molecule has 0 spiro atoms. The lowest BCUT2D eigenvalue weighted by atomic mass is 9.57. The molecule has 2 aliphatic rings. The summed E-state index contributed by atoms with van der Waals surface area (Å²) in [4.78, 5) is 11.2. The minimum absolute atomic E-state index is 0.102. The lowest BCUT2D eigenvalue weighted by Gasteiger charge is -2.53. The van der Waals surface area contributed by atoms with Gasteiger partial charge in [-0.25, -0.2) is 0 Å². The van der Waals surface area contributed by atoms with Gasteiger partial charge >= 0.3 is 5.97 Å². The first kappa shape index (κ1) is 15.1. The van der Waals surface area contributed by atoms with Crippen LogP contribution in [0.2, 0.25) is 0 Å². The van der Waals surface area contributed by atoms with Crippen LogP contribution in [-0.4, -0.2) is 19.2 Å². The van der Waals surface area contributed by atoms with Crippen molar-refractivity contribution in [2.75, 3.05) is 13.2 Å². The topological polar surface area (TPSA) is 35.5 Å². The fourth-order valence-corrected chi connectivity index (χ4v) is 3.80. The molecule has 3 heteroatoms. The van der Waals surface area contributed by atoms with Crippen LogP contribution in [0.25, 0.3) is 0 Å². The second-order valence-electron chi connectivity index (χ2n) is 6.63. The molecule has 1 heterocycles. The van der Waals surface area contributed by atoms with Crippen molar-refractivity contribution in [1.29, 1.82) is 0 Å². The molecule has 0 aromatic carbocycles.